The van der Waals surface area contributed by atoms with Crippen molar-refractivity contribution in [2.24, 2.45) is 12.1 Å². The second-order valence-electron chi connectivity index (χ2n) is 6.45. The van der Waals surface area contributed by atoms with E-state index in [2.05, 4.69) is 5.10 Å². The Morgan fingerprint density at radius 1 is 0.966 bits per heavy atom. The highest BCUT2D eigenvalue weighted by Gasteiger charge is 2.42. The van der Waals surface area contributed by atoms with Crippen LogP contribution in [0.25, 0.3) is 10.9 Å². The first-order chi connectivity index (χ1) is 13.4. The van der Waals surface area contributed by atoms with Crippen molar-refractivity contribution in [2.75, 3.05) is 5.43 Å². The number of nitrogens with one attached hydrogen (secondary N) is 1. The minimum Gasteiger partial charge on any atom is -0.347 e. The molecule has 3 aromatic rings. The first kappa shape index (κ1) is 20.7. The Bertz CT molecular complexity index is 1110. The molecule has 3 rings (SSSR count). The van der Waals surface area contributed by atoms with E-state index in [1.807, 2.05) is 29.7 Å². The number of halogens is 7. The lowest BCUT2D eigenvalue weighted by Crippen LogP contribution is -2.16. The number of aryl methyl sites for hydroxylation is 2. The van der Waals surface area contributed by atoms with Crippen LogP contribution in [0, 0.1) is 37.1 Å². The number of hydrogen-bond acceptors (Lipinski definition) is 2. The van der Waals surface area contributed by atoms with Gasteiger partial charge < -0.3 is 4.57 Å². The van der Waals surface area contributed by atoms with Gasteiger partial charge in [-0.25, -0.2) is 17.6 Å². The number of benzene rings is 2. The summed E-state index contributed by atoms with van der Waals surface area (Å²) in [7, 11) is 1.79. The lowest BCUT2D eigenvalue weighted by molar-refractivity contribution is -0.143. The van der Waals surface area contributed by atoms with Gasteiger partial charge in [0, 0.05) is 29.2 Å². The number of alkyl halides is 3. The molecule has 0 amide bonds. The van der Waals surface area contributed by atoms with Crippen molar-refractivity contribution in [3.8, 4) is 0 Å². The molecule has 1 heterocycles. The topological polar surface area (TPSA) is 29.3 Å². The molecule has 2 aromatic carbocycles. The summed E-state index contributed by atoms with van der Waals surface area (Å²) in [6, 6.07) is 5.60. The summed E-state index contributed by atoms with van der Waals surface area (Å²) < 4.78 is 94.9. The molecular formula is C19H14F7N3. The molecule has 0 spiro atoms. The Morgan fingerprint density at radius 2 is 1.55 bits per heavy atom. The van der Waals surface area contributed by atoms with Gasteiger partial charge in [-0.15, -0.1) is 0 Å². The lowest BCUT2D eigenvalue weighted by Gasteiger charge is -2.13. The zero-order valence-corrected chi connectivity index (χ0v) is 15.3. The van der Waals surface area contributed by atoms with E-state index in [4.69, 9.17) is 0 Å². The van der Waals surface area contributed by atoms with E-state index in [1.54, 1.807) is 19.4 Å². The molecule has 0 bridgehead atoms. The number of hydrazone groups is 1. The average molecular weight is 417 g/mol. The highest BCUT2D eigenvalue weighted by atomic mass is 19.4. The van der Waals surface area contributed by atoms with Crippen LogP contribution in [0.1, 0.15) is 22.4 Å². The smallest absolute Gasteiger partial charge is 0.347 e. The quantitative estimate of drug-likeness (QED) is 0.248. The summed E-state index contributed by atoms with van der Waals surface area (Å²) in [6.45, 7) is 3.62. The largest absolute Gasteiger partial charge is 0.422 e. The van der Waals surface area contributed by atoms with Crippen LogP contribution in [-0.4, -0.2) is 10.8 Å². The van der Waals surface area contributed by atoms with Crippen LogP contribution in [0.2, 0.25) is 0 Å². The summed E-state index contributed by atoms with van der Waals surface area (Å²) in [6.07, 6.45) is -4.43. The van der Waals surface area contributed by atoms with Gasteiger partial charge in [0.2, 0.25) is 0 Å². The zero-order valence-electron chi connectivity index (χ0n) is 15.3. The van der Waals surface area contributed by atoms with Crippen molar-refractivity contribution in [1.29, 1.82) is 0 Å². The standard InChI is InChI=1S/C19H14F7N3/c1-8-4-5-12-10(6-8)11(9(2)29(12)3)7-27-28-18-16(22)14(20)13(19(24,25)26)15(21)17(18)23/h4-7,28H,1-3H3/b27-7+. The predicted octanol–water partition coefficient (Wildman–Crippen LogP) is 5.82. The molecule has 0 unspecified atom stereocenters. The number of fused-ring (bicyclic) bond motifs is 1. The maximum atomic E-state index is 13.9. The van der Waals surface area contributed by atoms with E-state index < -0.39 is 40.7 Å². The minimum absolute atomic E-state index is 0.562. The number of anilines is 1. The lowest BCUT2D eigenvalue weighted by atomic mass is 10.1. The molecule has 0 aliphatic rings. The van der Waals surface area contributed by atoms with E-state index >= 15 is 0 Å². The van der Waals surface area contributed by atoms with E-state index in [0.29, 0.717) is 5.56 Å². The normalized spacial score (nSPS) is 12.3. The zero-order chi connectivity index (χ0) is 21.7. The Labute approximate surface area is 160 Å². The molecule has 0 aliphatic heterocycles. The summed E-state index contributed by atoms with van der Waals surface area (Å²) in [4.78, 5) is 0. The van der Waals surface area contributed by atoms with Crippen LogP contribution >= 0.6 is 0 Å². The highest BCUT2D eigenvalue weighted by molar-refractivity contribution is 6.01. The Kier molecular flexibility index (Phi) is 5.06. The van der Waals surface area contributed by atoms with Gasteiger partial charge in [-0.3, -0.25) is 5.43 Å². The minimum atomic E-state index is -5.60. The molecule has 29 heavy (non-hydrogen) atoms. The van der Waals surface area contributed by atoms with Gasteiger partial charge in [0.15, 0.2) is 23.3 Å². The monoisotopic (exact) mass is 417 g/mol. The van der Waals surface area contributed by atoms with Crippen LogP contribution in [0.5, 0.6) is 0 Å². The van der Waals surface area contributed by atoms with Gasteiger partial charge >= 0.3 is 6.18 Å². The molecule has 3 nitrogen and oxygen atoms in total. The van der Waals surface area contributed by atoms with E-state index in [9.17, 15) is 30.7 Å². The Hall–Kier alpha value is -3.04. The van der Waals surface area contributed by atoms with E-state index in [-0.39, 0.29) is 0 Å². The fourth-order valence-electron chi connectivity index (χ4n) is 3.02. The maximum absolute atomic E-state index is 13.9. The third kappa shape index (κ3) is 3.43. The third-order valence-corrected chi connectivity index (χ3v) is 4.61. The molecule has 1 aromatic heterocycles. The fourth-order valence-corrected chi connectivity index (χ4v) is 3.02. The summed E-state index contributed by atoms with van der Waals surface area (Å²) in [5, 5.41) is 4.34. The van der Waals surface area contributed by atoms with Gasteiger partial charge in [-0.05, 0) is 26.0 Å². The van der Waals surface area contributed by atoms with Gasteiger partial charge in [0.05, 0.1) is 6.21 Å². The first-order valence-electron chi connectivity index (χ1n) is 8.23. The molecule has 154 valence electrons. The van der Waals surface area contributed by atoms with Gasteiger partial charge in [0.1, 0.15) is 11.3 Å². The van der Waals surface area contributed by atoms with Crippen LogP contribution in [0.3, 0.4) is 0 Å². The highest BCUT2D eigenvalue weighted by Crippen LogP contribution is 2.38. The second kappa shape index (κ2) is 7.09. The molecule has 10 heteroatoms. The van der Waals surface area contributed by atoms with Crippen molar-refractivity contribution in [1.82, 2.24) is 4.57 Å². The van der Waals surface area contributed by atoms with Gasteiger partial charge in [-0.2, -0.15) is 18.3 Å². The fraction of sp³-hybridized carbons (Fsp3) is 0.211. The van der Waals surface area contributed by atoms with Crippen molar-refractivity contribution in [3.05, 3.63) is 63.9 Å². The van der Waals surface area contributed by atoms with Crippen molar-refractivity contribution in [3.63, 3.8) is 0 Å². The molecular weight excluding hydrogens is 403 g/mol. The second-order valence-corrected chi connectivity index (χ2v) is 6.45. The summed E-state index contributed by atoms with van der Waals surface area (Å²) >= 11 is 0. The molecule has 0 fully saturated rings. The third-order valence-electron chi connectivity index (χ3n) is 4.61. The van der Waals surface area contributed by atoms with Crippen molar-refractivity contribution in [2.45, 2.75) is 20.0 Å². The number of nitrogens with zero attached hydrogens (tertiary/aromatic N) is 2. The number of aromatic nitrogens is 1. The number of hydrogen-bond donors (Lipinski definition) is 1. The van der Waals surface area contributed by atoms with E-state index in [1.165, 1.54) is 6.21 Å². The van der Waals surface area contributed by atoms with Crippen molar-refractivity contribution >= 4 is 22.8 Å². The molecule has 0 radical (unpaired) electrons. The van der Waals surface area contributed by atoms with Crippen LogP contribution in [0.4, 0.5) is 36.4 Å². The average Bonchev–Trinajstić information content (AvgIpc) is 2.86. The number of rotatable bonds is 3. The molecule has 0 saturated heterocycles. The SMILES string of the molecule is Cc1ccc2c(c1)c(/C=N/Nc1c(F)c(F)c(C(F)(F)F)c(F)c1F)c(C)n2C. The Morgan fingerprint density at radius 3 is 2.10 bits per heavy atom. The van der Waals surface area contributed by atoms with Gasteiger partial charge in [-0.1, -0.05) is 11.6 Å². The van der Waals surface area contributed by atoms with Crippen LogP contribution in [-0.2, 0) is 13.2 Å². The molecule has 0 atom stereocenters. The predicted molar refractivity (Wildman–Crippen MR) is 94.9 cm³/mol. The van der Waals surface area contributed by atoms with Gasteiger partial charge in [0.25, 0.3) is 0 Å². The molecule has 0 saturated carbocycles. The van der Waals surface area contributed by atoms with Crippen LogP contribution < -0.4 is 5.43 Å². The van der Waals surface area contributed by atoms with Crippen molar-refractivity contribution < 1.29 is 30.7 Å². The first-order valence-corrected chi connectivity index (χ1v) is 8.23. The molecule has 1 N–H and O–H groups in total. The van der Waals surface area contributed by atoms with Crippen LogP contribution in [0.15, 0.2) is 23.3 Å². The molecule has 0 aliphatic carbocycles. The summed E-state index contributed by atoms with van der Waals surface area (Å²) in [5.74, 6) is -9.55. The van der Waals surface area contributed by atoms with E-state index in [0.717, 1.165) is 22.2 Å². The summed E-state index contributed by atoms with van der Waals surface area (Å²) in [5.41, 5.74) is 0.758. The Balaban J connectivity index is 2.04. The maximum Gasteiger partial charge on any atom is 0.422 e.